The van der Waals surface area contributed by atoms with Crippen LogP contribution in [0.25, 0.3) is 0 Å². The van der Waals surface area contributed by atoms with Gasteiger partial charge in [0.05, 0.1) is 0 Å². The molecule has 1 fully saturated rings. The van der Waals surface area contributed by atoms with E-state index in [4.69, 9.17) is 4.74 Å². The molecule has 3 heteroatoms. The van der Waals surface area contributed by atoms with E-state index in [1.165, 1.54) is 45.3 Å². The maximum Gasteiger partial charge on any atom is 0.0462 e. The first-order valence-corrected chi connectivity index (χ1v) is 7.65. The molecule has 0 saturated carbocycles. The minimum Gasteiger partial charge on any atom is -0.385 e. The second kappa shape index (κ2) is 8.89. The molecule has 1 heterocycles. The number of methoxy groups -OCH3 is 1. The summed E-state index contributed by atoms with van der Waals surface area (Å²) in [5.41, 5.74) is 0. The molecule has 1 aliphatic rings. The predicted molar refractivity (Wildman–Crippen MR) is 78.0 cm³/mol. The van der Waals surface area contributed by atoms with Crippen LogP contribution in [-0.2, 0) is 4.74 Å². The van der Waals surface area contributed by atoms with Crippen LogP contribution in [0.3, 0.4) is 0 Å². The van der Waals surface area contributed by atoms with E-state index >= 15 is 0 Å². The number of nitrogens with zero attached hydrogens (tertiary/aromatic N) is 1. The van der Waals surface area contributed by atoms with Crippen LogP contribution in [0.4, 0.5) is 0 Å². The summed E-state index contributed by atoms with van der Waals surface area (Å²) in [6, 6.07) is 1.41. The number of unbranched alkanes of at least 4 members (excludes halogenated alkanes) is 1. The molecular weight excluding hydrogens is 224 g/mol. The van der Waals surface area contributed by atoms with E-state index in [0.29, 0.717) is 6.04 Å². The number of piperazine rings is 1. The van der Waals surface area contributed by atoms with Crippen LogP contribution in [0.2, 0.25) is 0 Å². The van der Waals surface area contributed by atoms with Gasteiger partial charge in [0.25, 0.3) is 0 Å². The first-order valence-electron chi connectivity index (χ1n) is 7.65. The molecule has 0 spiro atoms. The lowest BCUT2D eigenvalue weighted by Gasteiger charge is -2.42. The van der Waals surface area contributed by atoms with Crippen LogP contribution in [0.15, 0.2) is 0 Å². The number of nitrogens with one attached hydrogen (secondary N) is 1. The lowest BCUT2D eigenvalue weighted by Crippen LogP contribution is -2.58. The van der Waals surface area contributed by atoms with Gasteiger partial charge in [0.15, 0.2) is 0 Å². The Morgan fingerprint density at radius 2 is 2.11 bits per heavy atom. The minimum atomic E-state index is 0.667. The molecule has 1 aliphatic heterocycles. The maximum absolute atomic E-state index is 5.13. The standard InChI is InChI=1S/C15H32N2O/c1-5-8-14-11-16-15(13(2)3)12-17(14)9-6-7-10-18-4/h13-16H,5-12H2,1-4H3. The Bertz CT molecular complexity index is 209. The molecule has 0 bridgehead atoms. The number of hydrogen-bond acceptors (Lipinski definition) is 3. The van der Waals surface area contributed by atoms with E-state index < -0.39 is 0 Å². The average molecular weight is 256 g/mol. The van der Waals surface area contributed by atoms with Gasteiger partial charge in [-0.3, -0.25) is 4.90 Å². The highest BCUT2D eigenvalue weighted by Crippen LogP contribution is 2.16. The van der Waals surface area contributed by atoms with Crippen molar-refractivity contribution in [1.29, 1.82) is 0 Å². The molecule has 0 radical (unpaired) electrons. The van der Waals surface area contributed by atoms with Gasteiger partial charge in [-0.05, 0) is 31.7 Å². The topological polar surface area (TPSA) is 24.5 Å². The van der Waals surface area contributed by atoms with Crippen molar-refractivity contribution in [3.63, 3.8) is 0 Å². The molecule has 1 rings (SSSR count). The summed E-state index contributed by atoms with van der Waals surface area (Å²) in [6.45, 7) is 11.5. The van der Waals surface area contributed by atoms with Crippen molar-refractivity contribution in [2.24, 2.45) is 5.92 Å². The Balaban J connectivity index is 2.39. The zero-order valence-electron chi connectivity index (χ0n) is 12.7. The fourth-order valence-corrected chi connectivity index (χ4v) is 2.78. The SMILES string of the molecule is CCCC1CNC(C(C)C)CN1CCCCOC. The average Bonchev–Trinajstić information content (AvgIpc) is 2.36. The van der Waals surface area contributed by atoms with Crippen LogP contribution in [0.5, 0.6) is 0 Å². The van der Waals surface area contributed by atoms with Crippen molar-refractivity contribution in [1.82, 2.24) is 10.2 Å². The Labute approximate surface area is 113 Å². The van der Waals surface area contributed by atoms with Gasteiger partial charge < -0.3 is 10.1 Å². The summed E-state index contributed by atoms with van der Waals surface area (Å²) in [7, 11) is 1.79. The Morgan fingerprint density at radius 3 is 2.72 bits per heavy atom. The molecule has 1 saturated heterocycles. The Morgan fingerprint density at radius 1 is 1.33 bits per heavy atom. The molecule has 2 atom stereocenters. The van der Waals surface area contributed by atoms with E-state index in [-0.39, 0.29) is 0 Å². The highest BCUT2D eigenvalue weighted by Gasteiger charge is 2.28. The van der Waals surface area contributed by atoms with Crippen molar-refractivity contribution in [3.8, 4) is 0 Å². The van der Waals surface area contributed by atoms with E-state index in [1.54, 1.807) is 7.11 Å². The second-order valence-electron chi connectivity index (χ2n) is 5.90. The second-order valence-corrected chi connectivity index (χ2v) is 5.90. The molecule has 0 aromatic carbocycles. The van der Waals surface area contributed by atoms with Crippen LogP contribution in [0.1, 0.15) is 46.5 Å². The van der Waals surface area contributed by atoms with E-state index in [0.717, 1.165) is 18.6 Å². The first kappa shape index (κ1) is 15.9. The fraction of sp³-hybridized carbons (Fsp3) is 1.00. The summed E-state index contributed by atoms with van der Waals surface area (Å²) in [5, 5.41) is 3.72. The molecule has 0 aromatic rings. The number of rotatable bonds is 8. The van der Waals surface area contributed by atoms with Crippen LogP contribution in [0, 0.1) is 5.92 Å². The van der Waals surface area contributed by atoms with Gasteiger partial charge in [0.1, 0.15) is 0 Å². The van der Waals surface area contributed by atoms with E-state index in [2.05, 4.69) is 31.0 Å². The van der Waals surface area contributed by atoms with Crippen molar-refractivity contribution in [2.75, 3.05) is 33.4 Å². The third-order valence-corrected chi connectivity index (χ3v) is 4.03. The molecular formula is C15H32N2O. The highest BCUT2D eigenvalue weighted by atomic mass is 16.5. The monoisotopic (exact) mass is 256 g/mol. The summed E-state index contributed by atoms with van der Waals surface area (Å²) in [4.78, 5) is 2.71. The molecule has 0 aromatic heterocycles. The van der Waals surface area contributed by atoms with Crippen molar-refractivity contribution >= 4 is 0 Å². The van der Waals surface area contributed by atoms with Gasteiger partial charge in [-0.15, -0.1) is 0 Å². The quantitative estimate of drug-likeness (QED) is 0.675. The normalized spacial score (nSPS) is 25.8. The third kappa shape index (κ3) is 5.25. The molecule has 0 aliphatic carbocycles. The van der Waals surface area contributed by atoms with Gasteiger partial charge >= 0.3 is 0 Å². The zero-order valence-corrected chi connectivity index (χ0v) is 12.7. The van der Waals surface area contributed by atoms with Gasteiger partial charge in [-0.25, -0.2) is 0 Å². The van der Waals surface area contributed by atoms with Crippen molar-refractivity contribution < 1.29 is 4.74 Å². The summed E-state index contributed by atoms with van der Waals surface area (Å²) in [5.74, 6) is 0.731. The summed E-state index contributed by atoms with van der Waals surface area (Å²) in [6.07, 6.45) is 5.06. The molecule has 108 valence electrons. The number of hydrogen-bond donors (Lipinski definition) is 1. The fourth-order valence-electron chi connectivity index (χ4n) is 2.78. The van der Waals surface area contributed by atoms with Crippen LogP contribution < -0.4 is 5.32 Å². The van der Waals surface area contributed by atoms with Crippen LogP contribution in [-0.4, -0.2) is 50.3 Å². The molecule has 3 nitrogen and oxygen atoms in total. The largest absolute Gasteiger partial charge is 0.385 e. The maximum atomic E-state index is 5.13. The lowest BCUT2D eigenvalue weighted by atomic mass is 9.97. The zero-order chi connectivity index (χ0) is 13.4. The van der Waals surface area contributed by atoms with Crippen molar-refractivity contribution in [3.05, 3.63) is 0 Å². The smallest absolute Gasteiger partial charge is 0.0462 e. The summed E-state index contributed by atoms with van der Waals surface area (Å²) < 4.78 is 5.13. The first-order chi connectivity index (χ1) is 8.69. The van der Waals surface area contributed by atoms with Crippen molar-refractivity contribution in [2.45, 2.75) is 58.5 Å². The highest BCUT2D eigenvalue weighted by molar-refractivity contribution is 4.87. The molecule has 18 heavy (non-hydrogen) atoms. The van der Waals surface area contributed by atoms with Gasteiger partial charge in [0, 0.05) is 38.9 Å². The Hall–Kier alpha value is -0.120. The van der Waals surface area contributed by atoms with Crippen LogP contribution >= 0.6 is 0 Å². The van der Waals surface area contributed by atoms with Gasteiger partial charge in [-0.1, -0.05) is 27.2 Å². The molecule has 2 unspecified atom stereocenters. The molecule has 1 N–H and O–H groups in total. The van der Waals surface area contributed by atoms with E-state index in [1.807, 2.05) is 0 Å². The number of ether oxygens (including phenoxy) is 1. The predicted octanol–water partition coefficient (Wildman–Crippen LogP) is 2.51. The lowest BCUT2D eigenvalue weighted by molar-refractivity contribution is 0.101. The Kier molecular flexibility index (Phi) is 7.87. The van der Waals surface area contributed by atoms with Gasteiger partial charge in [0.2, 0.25) is 0 Å². The third-order valence-electron chi connectivity index (χ3n) is 4.03. The minimum absolute atomic E-state index is 0.667. The van der Waals surface area contributed by atoms with Gasteiger partial charge in [-0.2, -0.15) is 0 Å². The summed E-state index contributed by atoms with van der Waals surface area (Å²) >= 11 is 0. The molecule has 0 amide bonds. The van der Waals surface area contributed by atoms with E-state index in [9.17, 15) is 0 Å².